The molecule has 0 aliphatic carbocycles. The van der Waals surface area contributed by atoms with Gasteiger partial charge in [-0.3, -0.25) is 19.3 Å². The first kappa shape index (κ1) is 21.0. The van der Waals surface area contributed by atoms with Gasteiger partial charge in [0.1, 0.15) is 0 Å². The standard InChI is InChI=1S/C22H22N6O2S/c1-15(21(29)25-19-7-3-6-18-17(19)5-4-10-24-18)31-22-27-26-20(28(22)13-14-30-2)16-8-11-23-12-9-16/h3-12,15H,13-14H2,1-2H3,(H,25,29). The van der Waals surface area contributed by atoms with Crippen molar-refractivity contribution in [3.63, 3.8) is 0 Å². The third-order valence-electron chi connectivity index (χ3n) is 4.73. The zero-order valence-electron chi connectivity index (χ0n) is 17.2. The lowest BCUT2D eigenvalue weighted by Gasteiger charge is -2.14. The molecular weight excluding hydrogens is 412 g/mol. The van der Waals surface area contributed by atoms with Gasteiger partial charge in [-0.15, -0.1) is 10.2 Å². The number of fused-ring (bicyclic) bond motifs is 1. The maximum absolute atomic E-state index is 12.9. The van der Waals surface area contributed by atoms with Crippen LogP contribution in [0.4, 0.5) is 5.69 Å². The molecule has 0 radical (unpaired) electrons. The Morgan fingerprint density at radius 3 is 2.77 bits per heavy atom. The first-order valence-corrected chi connectivity index (χ1v) is 10.7. The molecule has 3 heterocycles. The lowest BCUT2D eigenvalue weighted by atomic mass is 10.2. The van der Waals surface area contributed by atoms with Gasteiger partial charge < -0.3 is 10.1 Å². The van der Waals surface area contributed by atoms with E-state index in [0.717, 1.165) is 28.0 Å². The monoisotopic (exact) mass is 434 g/mol. The van der Waals surface area contributed by atoms with Crippen molar-refractivity contribution in [2.75, 3.05) is 19.0 Å². The number of benzene rings is 1. The molecule has 4 aromatic rings. The Labute approximate surface area is 184 Å². The number of rotatable bonds is 8. The van der Waals surface area contributed by atoms with E-state index in [0.29, 0.717) is 18.3 Å². The molecule has 0 fully saturated rings. The van der Waals surface area contributed by atoms with E-state index in [1.54, 1.807) is 25.7 Å². The van der Waals surface area contributed by atoms with E-state index in [1.165, 1.54) is 11.8 Å². The Hall–Kier alpha value is -3.30. The molecular formula is C22H22N6O2S. The van der Waals surface area contributed by atoms with Crippen molar-refractivity contribution >= 4 is 34.3 Å². The van der Waals surface area contributed by atoms with Gasteiger partial charge in [-0.25, -0.2) is 0 Å². The van der Waals surface area contributed by atoms with E-state index in [1.807, 2.05) is 54.0 Å². The number of carbonyl (C=O) groups is 1. The first-order chi connectivity index (χ1) is 15.2. The Morgan fingerprint density at radius 2 is 1.97 bits per heavy atom. The van der Waals surface area contributed by atoms with Crippen LogP contribution in [0, 0.1) is 0 Å². The van der Waals surface area contributed by atoms with E-state index in [-0.39, 0.29) is 11.2 Å². The average Bonchev–Trinajstić information content (AvgIpc) is 3.20. The van der Waals surface area contributed by atoms with E-state index in [2.05, 4.69) is 25.5 Å². The highest BCUT2D eigenvalue weighted by molar-refractivity contribution is 8.00. The lowest BCUT2D eigenvalue weighted by molar-refractivity contribution is -0.115. The fourth-order valence-corrected chi connectivity index (χ4v) is 4.01. The second-order valence-corrected chi connectivity index (χ2v) is 8.12. The molecule has 4 rings (SSSR count). The van der Waals surface area contributed by atoms with E-state index in [9.17, 15) is 4.79 Å². The number of pyridine rings is 2. The maximum atomic E-state index is 12.9. The van der Waals surface area contributed by atoms with Crippen LogP contribution in [0.15, 0.2) is 66.2 Å². The summed E-state index contributed by atoms with van der Waals surface area (Å²) in [5, 5.41) is 12.9. The van der Waals surface area contributed by atoms with Crippen molar-refractivity contribution in [3.8, 4) is 11.4 Å². The molecule has 9 heteroatoms. The molecule has 0 aliphatic heterocycles. The second-order valence-electron chi connectivity index (χ2n) is 6.81. The molecule has 0 saturated carbocycles. The molecule has 1 aromatic carbocycles. The molecule has 0 bridgehead atoms. The van der Waals surface area contributed by atoms with Crippen molar-refractivity contribution in [1.82, 2.24) is 24.7 Å². The number of aromatic nitrogens is 5. The number of thioether (sulfide) groups is 1. The summed E-state index contributed by atoms with van der Waals surface area (Å²) in [6.07, 6.45) is 5.17. The number of anilines is 1. The summed E-state index contributed by atoms with van der Waals surface area (Å²) in [4.78, 5) is 21.3. The number of hydrogen-bond acceptors (Lipinski definition) is 7. The molecule has 1 N–H and O–H groups in total. The lowest BCUT2D eigenvalue weighted by Crippen LogP contribution is -2.23. The number of carbonyl (C=O) groups excluding carboxylic acids is 1. The van der Waals surface area contributed by atoms with Crippen LogP contribution < -0.4 is 5.32 Å². The van der Waals surface area contributed by atoms with Crippen LogP contribution in [0.25, 0.3) is 22.3 Å². The van der Waals surface area contributed by atoms with Crippen molar-refractivity contribution < 1.29 is 9.53 Å². The van der Waals surface area contributed by atoms with Gasteiger partial charge in [-0.2, -0.15) is 0 Å². The molecule has 1 unspecified atom stereocenters. The minimum absolute atomic E-state index is 0.117. The van der Waals surface area contributed by atoms with E-state index < -0.39 is 0 Å². The fraction of sp³-hybridized carbons (Fsp3) is 0.227. The Bertz CT molecular complexity index is 1180. The molecule has 0 aliphatic rings. The van der Waals surface area contributed by atoms with Gasteiger partial charge in [-0.1, -0.05) is 17.8 Å². The van der Waals surface area contributed by atoms with Crippen LogP contribution in [-0.2, 0) is 16.1 Å². The van der Waals surface area contributed by atoms with Gasteiger partial charge >= 0.3 is 0 Å². The largest absolute Gasteiger partial charge is 0.383 e. The summed E-state index contributed by atoms with van der Waals surface area (Å²) in [7, 11) is 1.65. The van der Waals surface area contributed by atoms with E-state index in [4.69, 9.17) is 4.74 Å². The fourth-order valence-electron chi connectivity index (χ4n) is 3.13. The summed E-state index contributed by atoms with van der Waals surface area (Å²) >= 11 is 1.36. The third-order valence-corrected chi connectivity index (χ3v) is 5.81. The predicted molar refractivity (Wildman–Crippen MR) is 121 cm³/mol. The smallest absolute Gasteiger partial charge is 0.237 e. The quantitative estimate of drug-likeness (QED) is 0.423. The zero-order chi connectivity index (χ0) is 21.6. The molecule has 1 atom stereocenters. The zero-order valence-corrected chi connectivity index (χ0v) is 18.0. The van der Waals surface area contributed by atoms with Gasteiger partial charge in [0.05, 0.1) is 29.6 Å². The van der Waals surface area contributed by atoms with Gasteiger partial charge in [0, 0.05) is 36.7 Å². The molecule has 31 heavy (non-hydrogen) atoms. The summed E-state index contributed by atoms with van der Waals surface area (Å²) in [5.41, 5.74) is 2.48. The highest BCUT2D eigenvalue weighted by Crippen LogP contribution is 2.28. The molecule has 0 saturated heterocycles. The van der Waals surface area contributed by atoms with Gasteiger partial charge in [0.2, 0.25) is 5.91 Å². The SMILES string of the molecule is COCCn1c(SC(C)C(=O)Nc2cccc3ncccc23)nnc1-c1ccncc1. The summed E-state index contributed by atoms with van der Waals surface area (Å²) in [6, 6.07) is 13.2. The van der Waals surface area contributed by atoms with Crippen LogP contribution in [0.5, 0.6) is 0 Å². The van der Waals surface area contributed by atoms with Crippen molar-refractivity contribution in [3.05, 3.63) is 61.1 Å². The molecule has 1 amide bonds. The maximum Gasteiger partial charge on any atom is 0.237 e. The molecule has 158 valence electrons. The van der Waals surface area contributed by atoms with Gasteiger partial charge in [-0.05, 0) is 43.3 Å². The number of ether oxygens (including phenoxy) is 1. The normalized spacial score (nSPS) is 12.1. The highest BCUT2D eigenvalue weighted by Gasteiger charge is 2.21. The predicted octanol–water partition coefficient (Wildman–Crippen LogP) is 3.65. The van der Waals surface area contributed by atoms with Gasteiger partial charge in [0.15, 0.2) is 11.0 Å². The van der Waals surface area contributed by atoms with Crippen LogP contribution in [0.3, 0.4) is 0 Å². The average molecular weight is 435 g/mol. The van der Waals surface area contributed by atoms with Crippen molar-refractivity contribution in [2.24, 2.45) is 0 Å². The number of nitrogens with zero attached hydrogens (tertiary/aromatic N) is 5. The van der Waals surface area contributed by atoms with E-state index >= 15 is 0 Å². The van der Waals surface area contributed by atoms with Crippen LogP contribution >= 0.6 is 11.8 Å². The molecule has 3 aromatic heterocycles. The minimum Gasteiger partial charge on any atom is -0.383 e. The topological polar surface area (TPSA) is 94.8 Å². The van der Waals surface area contributed by atoms with Crippen molar-refractivity contribution in [2.45, 2.75) is 23.9 Å². The van der Waals surface area contributed by atoms with Crippen LogP contribution in [0.2, 0.25) is 0 Å². The molecule has 0 spiro atoms. The first-order valence-electron chi connectivity index (χ1n) is 9.81. The van der Waals surface area contributed by atoms with Crippen LogP contribution in [0.1, 0.15) is 6.92 Å². The number of hydrogen-bond donors (Lipinski definition) is 1. The number of methoxy groups -OCH3 is 1. The summed E-state index contributed by atoms with van der Waals surface area (Å²) in [6.45, 7) is 2.94. The van der Waals surface area contributed by atoms with Crippen LogP contribution in [-0.4, -0.2) is 49.6 Å². The Morgan fingerprint density at radius 1 is 1.13 bits per heavy atom. The summed E-state index contributed by atoms with van der Waals surface area (Å²) in [5.74, 6) is 0.600. The Kier molecular flexibility index (Phi) is 6.54. The van der Waals surface area contributed by atoms with Gasteiger partial charge in [0.25, 0.3) is 0 Å². The number of amides is 1. The van der Waals surface area contributed by atoms with Crippen molar-refractivity contribution in [1.29, 1.82) is 0 Å². The third kappa shape index (κ3) is 4.73. The second kappa shape index (κ2) is 9.67. The summed E-state index contributed by atoms with van der Waals surface area (Å²) < 4.78 is 7.22. The number of nitrogens with one attached hydrogen (secondary N) is 1. The minimum atomic E-state index is -0.386. The Balaban J connectivity index is 1.54. The molecule has 8 nitrogen and oxygen atoms in total. The highest BCUT2D eigenvalue weighted by atomic mass is 32.2.